The third-order valence-corrected chi connectivity index (χ3v) is 7.15. The highest BCUT2D eigenvalue weighted by Crippen LogP contribution is 2.32. The van der Waals surface area contributed by atoms with E-state index in [-0.39, 0.29) is 17.3 Å². The summed E-state index contributed by atoms with van der Waals surface area (Å²) in [6.07, 6.45) is 0.334. The predicted octanol–water partition coefficient (Wildman–Crippen LogP) is 3.91. The van der Waals surface area contributed by atoms with Gasteiger partial charge in [-0.25, -0.2) is 8.42 Å². The van der Waals surface area contributed by atoms with Gasteiger partial charge in [0.05, 0.1) is 4.90 Å². The zero-order chi connectivity index (χ0) is 17.7. The number of hydrogen-bond acceptors (Lipinski definition) is 4. The molecule has 0 saturated heterocycles. The Hall–Kier alpha value is -1.66. The van der Waals surface area contributed by atoms with Crippen molar-refractivity contribution in [2.45, 2.75) is 43.3 Å². The van der Waals surface area contributed by atoms with Crippen LogP contribution in [0.1, 0.15) is 48.8 Å². The Morgan fingerprint density at radius 3 is 2.33 bits per heavy atom. The minimum atomic E-state index is -3.57. The van der Waals surface area contributed by atoms with E-state index in [4.69, 9.17) is 0 Å². The van der Waals surface area contributed by atoms with Crippen molar-refractivity contribution in [2.24, 2.45) is 0 Å². The van der Waals surface area contributed by atoms with Crippen LogP contribution in [0.5, 0.6) is 0 Å². The van der Waals surface area contributed by atoms with E-state index in [0.717, 1.165) is 10.4 Å². The van der Waals surface area contributed by atoms with Gasteiger partial charge in [0.1, 0.15) is 5.25 Å². The summed E-state index contributed by atoms with van der Waals surface area (Å²) in [6.45, 7) is 5.96. The van der Waals surface area contributed by atoms with Crippen molar-refractivity contribution in [1.29, 1.82) is 0 Å². The Kier molecular flexibility index (Phi) is 6.18. The predicted molar refractivity (Wildman–Crippen MR) is 98.1 cm³/mol. The molecule has 0 bridgehead atoms. The van der Waals surface area contributed by atoms with Gasteiger partial charge in [-0.3, -0.25) is 4.79 Å². The molecule has 1 amide bonds. The molecule has 0 fully saturated rings. The lowest BCUT2D eigenvalue weighted by molar-refractivity contribution is -0.120. The van der Waals surface area contributed by atoms with Crippen LogP contribution < -0.4 is 5.32 Å². The van der Waals surface area contributed by atoms with Crippen LogP contribution in [0.3, 0.4) is 0 Å². The smallest absolute Gasteiger partial charge is 0.219 e. The van der Waals surface area contributed by atoms with E-state index in [2.05, 4.69) is 19.2 Å². The van der Waals surface area contributed by atoms with E-state index >= 15 is 0 Å². The Morgan fingerprint density at radius 2 is 1.83 bits per heavy atom. The molecule has 1 heterocycles. The van der Waals surface area contributed by atoms with Crippen LogP contribution in [0.4, 0.5) is 0 Å². The van der Waals surface area contributed by atoms with E-state index in [9.17, 15) is 13.2 Å². The lowest BCUT2D eigenvalue weighted by Gasteiger charge is -2.18. The van der Waals surface area contributed by atoms with Gasteiger partial charge < -0.3 is 5.32 Å². The molecule has 1 aromatic carbocycles. The largest absolute Gasteiger partial charge is 0.354 e. The normalized spacial score (nSPS) is 13.0. The second-order valence-electron chi connectivity index (χ2n) is 5.93. The fraction of sp³-hybridized carbons (Fsp3) is 0.389. The maximum atomic E-state index is 13.1. The highest BCUT2D eigenvalue weighted by Gasteiger charge is 2.30. The summed E-state index contributed by atoms with van der Waals surface area (Å²) in [5.74, 6) is 0.195. The molecule has 0 aliphatic heterocycles. The molecule has 1 N–H and O–H groups in total. The van der Waals surface area contributed by atoms with Gasteiger partial charge in [0, 0.05) is 17.8 Å². The number of amides is 1. The summed E-state index contributed by atoms with van der Waals surface area (Å²) < 4.78 is 26.1. The maximum Gasteiger partial charge on any atom is 0.219 e. The van der Waals surface area contributed by atoms with Crippen molar-refractivity contribution in [2.75, 3.05) is 6.54 Å². The van der Waals surface area contributed by atoms with Crippen LogP contribution in [0.2, 0.25) is 0 Å². The average Bonchev–Trinajstić information content (AvgIpc) is 3.08. The van der Waals surface area contributed by atoms with Crippen LogP contribution >= 0.6 is 11.3 Å². The highest BCUT2D eigenvalue weighted by molar-refractivity contribution is 7.91. The van der Waals surface area contributed by atoms with Crippen LogP contribution in [0.15, 0.2) is 46.7 Å². The number of hydrogen-bond donors (Lipinski definition) is 1. The first-order chi connectivity index (χ1) is 11.4. The lowest BCUT2D eigenvalue weighted by atomic mass is 10.0. The van der Waals surface area contributed by atoms with Gasteiger partial charge in [-0.05, 0) is 35.1 Å². The van der Waals surface area contributed by atoms with E-state index < -0.39 is 15.1 Å². The molecule has 2 rings (SSSR count). The molecule has 24 heavy (non-hydrogen) atoms. The Balaban J connectivity index is 2.34. The first-order valence-electron chi connectivity index (χ1n) is 8.00. The van der Waals surface area contributed by atoms with Crippen molar-refractivity contribution >= 4 is 27.1 Å². The standard InChI is InChI=1S/C18H23NO3S2/c1-4-18(20)19-12-17(16-6-5-11-23-16)24(21,22)15-9-7-14(8-10-15)13(2)3/h5-11,13,17H,4,12H2,1-3H3,(H,19,20)/t17-/m1/s1. The number of carbonyl (C=O) groups is 1. The monoisotopic (exact) mass is 365 g/mol. The molecule has 0 aliphatic carbocycles. The Bertz CT molecular complexity index is 763. The molecule has 1 atom stereocenters. The minimum absolute atomic E-state index is 0.0848. The van der Waals surface area contributed by atoms with E-state index in [1.807, 2.05) is 23.6 Å². The van der Waals surface area contributed by atoms with E-state index in [1.165, 1.54) is 11.3 Å². The van der Waals surface area contributed by atoms with E-state index in [1.54, 1.807) is 25.1 Å². The molecule has 2 aromatic rings. The van der Waals surface area contributed by atoms with Crippen molar-refractivity contribution < 1.29 is 13.2 Å². The quantitative estimate of drug-likeness (QED) is 0.809. The van der Waals surface area contributed by atoms with Gasteiger partial charge in [-0.1, -0.05) is 39.0 Å². The molecule has 0 radical (unpaired) electrons. The minimum Gasteiger partial charge on any atom is -0.354 e. The zero-order valence-electron chi connectivity index (χ0n) is 14.2. The molecule has 0 saturated carbocycles. The van der Waals surface area contributed by atoms with Gasteiger partial charge in [-0.2, -0.15) is 0 Å². The Labute approximate surface area is 147 Å². The maximum absolute atomic E-state index is 13.1. The number of thiophene rings is 1. The van der Waals surface area contributed by atoms with Gasteiger partial charge >= 0.3 is 0 Å². The van der Waals surface area contributed by atoms with Crippen LogP contribution in [-0.4, -0.2) is 20.9 Å². The average molecular weight is 366 g/mol. The van der Waals surface area contributed by atoms with Crippen molar-refractivity contribution in [3.05, 3.63) is 52.2 Å². The second-order valence-corrected chi connectivity index (χ2v) is 9.04. The fourth-order valence-corrected chi connectivity index (χ4v) is 5.16. The molecule has 4 nitrogen and oxygen atoms in total. The lowest BCUT2D eigenvalue weighted by Crippen LogP contribution is -2.31. The molecule has 0 aliphatic rings. The molecule has 0 spiro atoms. The molecule has 0 unspecified atom stereocenters. The first kappa shape index (κ1) is 18.7. The summed E-state index contributed by atoms with van der Waals surface area (Å²) in [6, 6.07) is 10.7. The zero-order valence-corrected chi connectivity index (χ0v) is 15.8. The highest BCUT2D eigenvalue weighted by atomic mass is 32.2. The molecule has 1 aromatic heterocycles. The fourth-order valence-electron chi connectivity index (χ4n) is 2.38. The third kappa shape index (κ3) is 4.24. The SMILES string of the molecule is CCC(=O)NC[C@H](c1cccs1)S(=O)(=O)c1ccc(C(C)C)cc1. The molecule has 130 valence electrons. The van der Waals surface area contributed by atoms with Crippen molar-refractivity contribution in [3.63, 3.8) is 0 Å². The first-order valence-corrected chi connectivity index (χ1v) is 10.4. The van der Waals surface area contributed by atoms with Crippen LogP contribution in [0, 0.1) is 0 Å². The van der Waals surface area contributed by atoms with Gasteiger partial charge in [0.25, 0.3) is 0 Å². The number of rotatable bonds is 7. The molecule has 6 heteroatoms. The third-order valence-electron chi connectivity index (χ3n) is 3.92. The number of sulfone groups is 1. The van der Waals surface area contributed by atoms with Crippen molar-refractivity contribution in [3.8, 4) is 0 Å². The summed E-state index contributed by atoms with van der Waals surface area (Å²) >= 11 is 1.39. The molecular weight excluding hydrogens is 342 g/mol. The van der Waals surface area contributed by atoms with Gasteiger partial charge in [0.15, 0.2) is 9.84 Å². The number of nitrogens with one attached hydrogen (secondary N) is 1. The Morgan fingerprint density at radius 1 is 1.17 bits per heavy atom. The summed E-state index contributed by atoms with van der Waals surface area (Å²) in [4.78, 5) is 12.6. The summed E-state index contributed by atoms with van der Waals surface area (Å²) in [5.41, 5.74) is 1.10. The van der Waals surface area contributed by atoms with E-state index in [0.29, 0.717) is 12.3 Å². The number of benzene rings is 1. The van der Waals surface area contributed by atoms with Crippen LogP contribution in [0.25, 0.3) is 0 Å². The summed E-state index contributed by atoms with van der Waals surface area (Å²) in [7, 11) is -3.57. The molecular formula is C18H23NO3S2. The second kappa shape index (κ2) is 7.94. The number of carbonyl (C=O) groups excluding carboxylic acids is 1. The van der Waals surface area contributed by atoms with Crippen molar-refractivity contribution in [1.82, 2.24) is 5.32 Å². The summed E-state index contributed by atoms with van der Waals surface area (Å²) in [5, 5.41) is 3.80. The van der Waals surface area contributed by atoms with Gasteiger partial charge in [-0.15, -0.1) is 11.3 Å². The van der Waals surface area contributed by atoms with Crippen LogP contribution in [-0.2, 0) is 14.6 Å². The van der Waals surface area contributed by atoms with Gasteiger partial charge in [0.2, 0.25) is 5.91 Å². The topological polar surface area (TPSA) is 63.2 Å².